The number of alkyl halides is 1. The molecule has 1 nitrogen and oxygen atoms in total. The summed E-state index contributed by atoms with van der Waals surface area (Å²) in [5.41, 5.74) is 0.916. The summed E-state index contributed by atoms with van der Waals surface area (Å²) in [6, 6.07) is 0. The Balaban J connectivity index is 3.75. The topological polar surface area (TPSA) is 17.1 Å². The molecule has 0 aliphatic carbocycles. The number of ketones is 1. The van der Waals surface area contributed by atoms with Crippen LogP contribution >= 0.6 is 11.6 Å². The van der Waals surface area contributed by atoms with Crippen LogP contribution in [-0.4, -0.2) is 11.7 Å². The van der Waals surface area contributed by atoms with E-state index in [4.69, 9.17) is 11.6 Å². The van der Waals surface area contributed by atoms with E-state index in [9.17, 15) is 4.79 Å². The van der Waals surface area contributed by atoms with E-state index in [0.717, 1.165) is 5.57 Å². The number of carbonyl (C=O) groups excluding carboxylic acids is 1. The predicted octanol–water partition coefficient (Wildman–Crippen LogP) is 1.76. The molecule has 8 heavy (non-hydrogen) atoms. The third kappa shape index (κ3) is 3.88. The monoisotopic (exact) mass is 132 g/mol. The molecule has 0 rings (SSSR count). The lowest BCUT2D eigenvalue weighted by molar-refractivity contribution is -0.112. The summed E-state index contributed by atoms with van der Waals surface area (Å²) in [5, 5.41) is 0. The summed E-state index contributed by atoms with van der Waals surface area (Å²) in [6.07, 6.45) is 1.53. The van der Waals surface area contributed by atoms with E-state index >= 15 is 0 Å². The van der Waals surface area contributed by atoms with Crippen LogP contribution in [0.2, 0.25) is 0 Å². The molecule has 46 valence electrons. The quantitative estimate of drug-likeness (QED) is 0.413. The van der Waals surface area contributed by atoms with Crippen molar-refractivity contribution in [2.45, 2.75) is 13.8 Å². The normalized spacial score (nSPS) is 11.6. The van der Waals surface area contributed by atoms with Gasteiger partial charge >= 0.3 is 0 Å². The van der Waals surface area contributed by atoms with Gasteiger partial charge in [-0.1, -0.05) is 5.57 Å². The van der Waals surface area contributed by atoms with Crippen LogP contribution in [0.4, 0.5) is 0 Å². The van der Waals surface area contributed by atoms with Gasteiger partial charge in [-0.2, -0.15) is 0 Å². The van der Waals surface area contributed by atoms with Gasteiger partial charge in [0.1, 0.15) is 0 Å². The molecular weight excluding hydrogens is 124 g/mol. The Morgan fingerprint density at radius 1 is 1.62 bits per heavy atom. The maximum absolute atomic E-state index is 10.3. The first-order valence-electron chi connectivity index (χ1n) is 2.40. The summed E-state index contributed by atoms with van der Waals surface area (Å²) in [4.78, 5) is 10.3. The Kier molecular flexibility index (Phi) is 3.53. The second kappa shape index (κ2) is 3.67. The van der Waals surface area contributed by atoms with Crippen molar-refractivity contribution in [2.24, 2.45) is 0 Å². The first kappa shape index (κ1) is 7.70. The summed E-state index contributed by atoms with van der Waals surface area (Å²) in [5.74, 6) is 0.503. The number of rotatable bonds is 2. The molecular formula is C6H9ClO. The number of allylic oxidation sites excluding steroid dienone is 2. The third-order valence-corrected chi connectivity index (χ3v) is 1.08. The van der Waals surface area contributed by atoms with Crippen LogP contribution in [0.1, 0.15) is 13.8 Å². The second-order valence-electron chi connectivity index (χ2n) is 1.73. The maximum atomic E-state index is 10.3. The first-order valence-corrected chi connectivity index (χ1v) is 2.94. The number of carbonyl (C=O) groups is 1. The van der Waals surface area contributed by atoms with Crippen molar-refractivity contribution in [2.75, 3.05) is 5.88 Å². The number of hydrogen-bond acceptors (Lipinski definition) is 1. The molecule has 0 bridgehead atoms. The lowest BCUT2D eigenvalue weighted by Crippen LogP contribution is -1.85. The number of halogens is 1. The minimum Gasteiger partial charge on any atom is -0.295 e. The zero-order valence-corrected chi connectivity index (χ0v) is 5.83. The molecule has 0 amide bonds. The second-order valence-corrected chi connectivity index (χ2v) is 2.00. The minimum atomic E-state index is 0.0585. The first-order chi connectivity index (χ1) is 3.66. The van der Waals surface area contributed by atoms with E-state index < -0.39 is 0 Å². The standard InChI is InChI=1S/C6H9ClO/c1-5(4-7)3-6(2)8/h3H,4H2,1-2H3/b5-3-. The molecule has 0 N–H and O–H groups in total. The molecule has 0 aromatic rings. The van der Waals surface area contributed by atoms with E-state index in [-0.39, 0.29) is 5.78 Å². The molecule has 0 aliphatic heterocycles. The van der Waals surface area contributed by atoms with Gasteiger partial charge in [0.15, 0.2) is 5.78 Å². The highest BCUT2D eigenvalue weighted by Crippen LogP contribution is 1.94. The lowest BCUT2D eigenvalue weighted by atomic mass is 10.3. The van der Waals surface area contributed by atoms with Gasteiger partial charge in [-0.15, -0.1) is 11.6 Å². The van der Waals surface area contributed by atoms with Crippen LogP contribution in [0.15, 0.2) is 11.6 Å². The van der Waals surface area contributed by atoms with E-state index in [1.54, 1.807) is 0 Å². The molecule has 0 atom stereocenters. The van der Waals surface area contributed by atoms with Crippen molar-refractivity contribution in [3.8, 4) is 0 Å². The Hall–Kier alpha value is -0.300. The highest BCUT2D eigenvalue weighted by atomic mass is 35.5. The fourth-order valence-corrected chi connectivity index (χ4v) is 0.463. The van der Waals surface area contributed by atoms with Crippen molar-refractivity contribution >= 4 is 17.4 Å². The fourth-order valence-electron chi connectivity index (χ4n) is 0.386. The average molecular weight is 133 g/mol. The SMILES string of the molecule is CC(=O)/C=C(/C)CCl. The molecule has 0 aliphatic rings. The fraction of sp³-hybridized carbons (Fsp3) is 0.500. The average Bonchev–Trinajstić information content (AvgIpc) is 1.65. The molecule has 2 heteroatoms. The third-order valence-electron chi connectivity index (χ3n) is 0.660. The van der Waals surface area contributed by atoms with Gasteiger partial charge in [0.25, 0.3) is 0 Å². The molecule has 0 radical (unpaired) electrons. The van der Waals surface area contributed by atoms with E-state index in [2.05, 4.69) is 0 Å². The zero-order valence-electron chi connectivity index (χ0n) is 5.07. The summed E-state index contributed by atoms with van der Waals surface area (Å²) in [6.45, 7) is 3.34. The highest BCUT2D eigenvalue weighted by molar-refractivity contribution is 6.19. The molecule has 0 heterocycles. The molecule has 0 spiro atoms. The predicted molar refractivity (Wildman–Crippen MR) is 35.2 cm³/mol. The van der Waals surface area contributed by atoms with Gasteiger partial charge in [-0.25, -0.2) is 0 Å². The van der Waals surface area contributed by atoms with Gasteiger partial charge in [-0.05, 0) is 19.9 Å². The van der Waals surface area contributed by atoms with Crippen LogP contribution in [0.5, 0.6) is 0 Å². The van der Waals surface area contributed by atoms with E-state index in [1.165, 1.54) is 13.0 Å². The van der Waals surface area contributed by atoms with Crippen molar-refractivity contribution in [3.05, 3.63) is 11.6 Å². The Labute approximate surface area is 54.3 Å². The maximum Gasteiger partial charge on any atom is 0.152 e. The van der Waals surface area contributed by atoms with Gasteiger partial charge in [0.2, 0.25) is 0 Å². The molecule has 0 fully saturated rings. The van der Waals surface area contributed by atoms with Crippen LogP contribution in [-0.2, 0) is 4.79 Å². The summed E-state index contributed by atoms with van der Waals surface area (Å²) >= 11 is 5.38. The van der Waals surface area contributed by atoms with Crippen LogP contribution in [0, 0.1) is 0 Å². The summed E-state index contributed by atoms with van der Waals surface area (Å²) < 4.78 is 0. The largest absolute Gasteiger partial charge is 0.295 e. The van der Waals surface area contributed by atoms with Crippen LogP contribution < -0.4 is 0 Å². The zero-order chi connectivity index (χ0) is 6.57. The molecule has 0 saturated heterocycles. The minimum absolute atomic E-state index is 0.0585. The highest BCUT2D eigenvalue weighted by Gasteiger charge is 1.86. The van der Waals surface area contributed by atoms with Crippen molar-refractivity contribution in [3.63, 3.8) is 0 Å². The Morgan fingerprint density at radius 3 is 2.25 bits per heavy atom. The van der Waals surface area contributed by atoms with Crippen molar-refractivity contribution in [1.82, 2.24) is 0 Å². The van der Waals surface area contributed by atoms with Crippen LogP contribution in [0.25, 0.3) is 0 Å². The van der Waals surface area contributed by atoms with E-state index in [1.807, 2.05) is 6.92 Å². The van der Waals surface area contributed by atoms with Gasteiger partial charge in [-0.3, -0.25) is 4.79 Å². The molecule has 0 aromatic heterocycles. The smallest absolute Gasteiger partial charge is 0.152 e. The molecule has 0 aromatic carbocycles. The van der Waals surface area contributed by atoms with Gasteiger partial charge in [0.05, 0.1) is 0 Å². The Morgan fingerprint density at radius 2 is 2.12 bits per heavy atom. The molecule has 0 unspecified atom stereocenters. The van der Waals surface area contributed by atoms with Crippen LogP contribution in [0.3, 0.4) is 0 Å². The van der Waals surface area contributed by atoms with Crippen molar-refractivity contribution in [1.29, 1.82) is 0 Å². The number of hydrogen-bond donors (Lipinski definition) is 0. The Bertz CT molecular complexity index is 116. The van der Waals surface area contributed by atoms with Gasteiger partial charge in [0, 0.05) is 5.88 Å². The van der Waals surface area contributed by atoms with Gasteiger partial charge < -0.3 is 0 Å². The molecule has 0 saturated carbocycles. The van der Waals surface area contributed by atoms with E-state index in [0.29, 0.717) is 5.88 Å². The lowest BCUT2D eigenvalue weighted by Gasteiger charge is -1.86. The summed E-state index contributed by atoms with van der Waals surface area (Å²) in [7, 11) is 0. The van der Waals surface area contributed by atoms with Crippen molar-refractivity contribution < 1.29 is 4.79 Å².